The molecule has 0 aliphatic carbocycles. The summed E-state index contributed by atoms with van der Waals surface area (Å²) in [7, 11) is 0. The van der Waals surface area contributed by atoms with E-state index in [2.05, 4.69) is 10.6 Å². The number of hydrogen-bond donors (Lipinski definition) is 2. The largest absolute Gasteiger partial charge is 0.326 e. The van der Waals surface area contributed by atoms with E-state index < -0.39 is 5.92 Å². The van der Waals surface area contributed by atoms with E-state index >= 15 is 0 Å². The van der Waals surface area contributed by atoms with E-state index in [0.717, 1.165) is 17.7 Å². The summed E-state index contributed by atoms with van der Waals surface area (Å²) in [5.74, 6) is -0.745. The predicted molar refractivity (Wildman–Crippen MR) is 106 cm³/mol. The fourth-order valence-corrected chi connectivity index (χ4v) is 3.27. The summed E-state index contributed by atoms with van der Waals surface area (Å²) in [6.45, 7) is 3.87. The van der Waals surface area contributed by atoms with Gasteiger partial charge in [0, 0.05) is 37.0 Å². The zero-order valence-electron chi connectivity index (χ0n) is 15.5. The lowest BCUT2D eigenvalue weighted by molar-refractivity contribution is -0.122. The highest BCUT2D eigenvalue weighted by Gasteiger charge is 2.35. The van der Waals surface area contributed by atoms with Gasteiger partial charge < -0.3 is 15.5 Å². The van der Waals surface area contributed by atoms with Crippen LogP contribution < -0.4 is 15.5 Å². The van der Waals surface area contributed by atoms with Gasteiger partial charge >= 0.3 is 0 Å². The van der Waals surface area contributed by atoms with E-state index in [1.807, 2.05) is 31.2 Å². The molecule has 1 aliphatic rings. The van der Waals surface area contributed by atoms with Crippen LogP contribution in [0.25, 0.3) is 0 Å². The topological polar surface area (TPSA) is 78.5 Å². The minimum Gasteiger partial charge on any atom is -0.326 e. The lowest BCUT2D eigenvalue weighted by Gasteiger charge is -2.20. The van der Waals surface area contributed by atoms with Crippen LogP contribution in [0.5, 0.6) is 0 Å². The van der Waals surface area contributed by atoms with Gasteiger partial charge in [-0.2, -0.15) is 0 Å². The van der Waals surface area contributed by atoms with Crippen molar-refractivity contribution in [2.75, 3.05) is 22.1 Å². The highest BCUT2D eigenvalue weighted by Crippen LogP contribution is 2.29. The smallest absolute Gasteiger partial charge is 0.229 e. The van der Waals surface area contributed by atoms with E-state index in [1.165, 1.54) is 6.92 Å². The van der Waals surface area contributed by atoms with Gasteiger partial charge in [-0.15, -0.1) is 0 Å². The van der Waals surface area contributed by atoms with Crippen molar-refractivity contribution in [3.05, 3.63) is 54.1 Å². The number of rotatable bonds is 5. The van der Waals surface area contributed by atoms with Crippen molar-refractivity contribution < 1.29 is 14.4 Å². The van der Waals surface area contributed by atoms with Gasteiger partial charge in [0.25, 0.3) is 0 Å². The van der Waals surface area contributed by atoms with Crippen LogP contribution in [-0.2, 0) is 20.8 Å². The van der Waals surface area contributed by atoms with Crippen LogP contribution in [0.3, 0.4) is 0 Å². The molecule has 0 aromatic heterocycles. The Hall–Kier alpha value is -3.15. The fourth-order valence-electron chi connectivity index (χ4n) is 3.27. The average Bonchev–Trinajstić information content (AvgIpc) is 3.04. The molecule has 0 bridgehead atoms. The van der Waals surface area contributed by atoms with Crippen LogP contribution in [0.4, 0.5) is 17.1 Å². The Morgan fingerprint density at radius 1 is 1.04 bits per heavy atom. The van der Waals surface area contributed by atoms with E-state index in [1.54, 1.807) is 29.2 Å². The van der Waals surface area contributed by atoms with Gasteiger partial charge in [-0.25, -0.2) is 0 Å². The number of aryl methyl sites for hydroxylation is 1. The Morgan fingerprint density at radius 3 is 2.30 bits per heavy atom. The maximum absolute atomic E-state index is 12.6. The van der Waals surface area contributed by atoms with Gasteiger partial charge in [-0.1, -0.05) is 25.1 Å². The third-order valence-corrected chi connectivity index (χ3v) is 4.63. The van der Waals surface area contributed by atoms with Crippen molar-refractivity contribution in [2.45, 2.75) is 26.7 Å². The zero-order valence-corrected chi connectivity index (χ0v) is 15.5. The molecule has 3 amide bonds. The second kappa shape index (κ2) is 8.03. The van der Waals surface area contributed by atoms with E-state index in [0.29, 0.717) is 17.9 Å². The van der Waals surface area contributed by atoms with Crippen LogP contribution >= 0.6 is 0 Å². The van der Waals surface area contributed by atoms with Crippen molar-refractivity contribution in [1.82, 2.24) is 0 Å². The van der Waals surface area contributed by atoms with Crippen LogP contribution in [0, 0.1) is 5.92 Å². The summed E-state index contributed by atoms with van der Waals surface area (Å²) in [5.41, 5.74) is 3.29. The van der Waals surface area contributed by atoms with Crippen molar-refractivity contribution in [3.63, 3.8) is 0 Å². The average molecular weight is 365 g/mol. The lowest BCUT2D eigenvalue weighted by atomic mass is 10.1. The summed E-state index contributed by atoms with van der Waals surface area (Å²) >= 11 is 0. The quantitative estimate of drug-likeness (QED) is 0.854. The Balaban J connectivity index is 1.66. The van der Waals surface area contributed by atoms with Gasteiger partial charge in [0.15, 0.2) is 0 Å². The Kier molecular flexibility index (Phi) is 5.54. The third-order valence-electron chi connectivity index (χ3n) is 4.63. The minimum absolute atomic E-state index is 0.0305. The molecule has 0 unspecified atom stereocenters. The van der Waals surface area contributed by atoms with Crippen molar-refractivity contribution in [1.29, 1.82) is 0 Å². The van der Waals surface area contributed by atoms with Crippen molar-refractivity contribution in [3.8, 4) is 0 Å². The first-order valence-corrected chi connectivity index (χ1v) is 9.04. The zero-order chi connectivity index (χ0) is 19.4. The number of nitrogens with zero attached hydrogens (tertiary/aromatic N) is 1. The number of hydrogen-bond acceptors (Lipinski definition) is 3. The van der Waals surface area contributed by atoms with Crippen molar-refractivity contribution in [2.24, 2.45) is 5.92 Å². The Labute approximate surface area is 158 Å². The minimum atomic E-state index is -0.391. The first-order chi connectivity index (χ1) is 13.0. The number of carbonyl (C=O) groups excluding carboxylic acids is 3. The standard InChI is InChI=1S/C21H23N3O3/c1-3-15-6-4-5-7-19(15)24-13-16(12-20(24)26)21(27)23-18-10-8-17(9-11-18)22-14(2)25/h4-11,16H,3,12-13H2,1-2H3,(H,22,25)(H,23,27)/t16-/m1/s1. The molecule has 6 heteroatoms. The summed E-state index contributed by atoms with van der Waals surface area (Å²) < 4.78 is 0. The van der Waals surface area contributed by atoms with E-state index in [9.17, 15) is 14.4 Å². The van der Waals surface area contributed by atoms with Crippen LogP contribution in [0.1, 0.15) is 25.8 Å². The third kappa shape index (κ3) is 4.34. The molecule has 2 aromatic rings. The number of carbonyl (C=O) groups is 3. The second-order valence-corrected chi connectivity index (χ2v) is 6.64. The van der Waals surface area contributed by atoms with Gasteiger partial charge in [0.05, 0.1) is 5.92 Å². The molecule has 0 saturated carbocycles. The highest BCUT2D eigenvalue weighted by molar-refractivity contribution is 6.04. The summed E-state index contributed by atoms with van der Waals surface area (Å²) in [4.78, 5) is 37.8. The molecule has 2 N–H and O–H groups in total. The number of anilines is 3. The molecule has 0 spiro atoms. The first kappa shape index (κ1) is 18.6. The molecular weight excluding hydrogens is 342 g/mol. The molecule has 140 valence electrons. The van der Waals surface area contributed by atoms with Crippen LogP contribution in [-0.4, -0.2) is 24.3 Å². The number of nitrogens with one attached hydrogen (secondary N) is 2. The molecule has 1 aliphatic heterocycles. The van der Waals surface area contributed by atoms with E-state index in [4.69, 9.17) is 0 Å². The lowest BCUT2D eigenvalue weighted by Crippen LogP contribution is -2.28. The van der Waals surface area contributed by atoms with Crippen LogP contribution in [0.15, 0.2) is 48.5 Å². The molecule has 1 atom stereocenters. The summed E-state index contributed by atoms with van der Waals surface area (Å²) in [5, 5.41) is 5.53. The van der Waals surface area contributed by atoms with Crippen LogP contribution in [0.2, 0.25) is 0 Å². The molecule has 2 aromatic carbocycles. The van der Waals surface area contributed by atoms with Gasteiger partial charge in [-0.3, -0.25) is 14.4 Å². The predicted octanol–water partition coefficient (Wildman–Crippen LogP) is 3.20. The fraction of sp³-hybridized carbons (Fsp3) is 0.286. The molecule has 6 nitrogen and oxygen atoms in total. The highest BCUT2D eigenvalue weighted by atomic mass is 16.2. The van der Waals surface area contributed by atoms with Crippen molar-refractivity contribution >= 4 is 34.8 Å². The molecule has 1 saturated heterocycles. The first-order valence-electron chi connectivity index (χ1n) is 9.04. The monoisotopic (exact) mass is 365 g/mol. The maximum atomic E-state index is 12.6. The number of amides is 3. The van der Waals surface area contributed by atoms with Gasteiger partial charge in [0.1, 0.15) is 0 Å². The molecule has 27 heavy (non-hydrogen) atoms. The summed E-state index contributed by atoms with van der Waals surface area (Å²) in [6, 6.07) is 14.7. The van der Waals surface area contributed by atoms with Gasteiger partial charge in [-0.05, 0) is 42.3 Å². The molecule has 3 rings (SSSR count). The number of para-hydroxylation sites is 1. The molecule has 1 fully saturated rings. The normalized spacial score (nSPS) is 16.3. The Bertz CT molecular complexity index is 861. The Morgan fingerprint density at radius 2 is 1.67 bits per heavy atom. The number of benzene rings is 2. The summed E-state index contributed by atoms with van der Waals surface area (Å²) in [6.07, 6.45) is 1.03. The maximum Gasteiger partial charge on any atom is 0.229 e. The molecule has 0 radical (unpaired) electrons. The van der Waals surface area contributed by atoms with E-state index in [-0.39, 0.29) is 24.1 Å². The van der Waals surface area contributed by atoms with Gasteiger partial charge in [0.2, 0.25) is 17.7 Å². The molecule has 1 heterocycles. The molecular formula is C21H23N3O3. The SMILES string of the molecule is CCc1ccccc1N1C[C@H](C(=O)Nc2ccc(NC(C)=O)cc2)CC1=O. The second-order valence-electron chi connectivity index (χ2n) is 6.64.